The Morgan fingerprint density at radius 2 is 2.36 bits per heavy atom. The van der Waals surface area contributed by atoms with Crippen LogP contribution in [0.2, 0.25) is 0 Å². The maximum atomic E-state index is 11.2. The molecule has 1 heterocycles. The van der Waals surface area contributed by atoms with Crippen LogP contribution in [0.15, 0.2) is 0 Å². The molecule has 14 heavy (non-hydrogen) atoms. The molecule has 0 aliphatic rings. The summed E-state index contributed by atoms with van der Waals surface area (Å²) in [5.41, 5.74) is 0. The SMILES string of the molecule is CCS(=O)(=O)NC(C)n1[nH]nnc1=S. The standard InChI is InChI=1S/C5H11N5O2S2/c1-3-14(11,12)7-4(2)10-5(13)6-8-9-10/h4,7H,3H2,1-2H3,(H,6,9,13). The van der Waals surface area contributed by atoms with E-state index in [1.807, 2.05) is 0 Å². The third kappa shape index (κ3) is 2.59. The molecular formula is C5H11N5O2S2. The van der Waals surface area contributed by atoms with Crippen molar-refractivity contribution in [1.82, 2.24) is 24.9 Å². The largest absolute Gasteiger partial charge is 0.239 e. The van der Waals surface area contributed by atoms with Gasteiger partial charge in [0, 0.05) is 0 Å². The zero-order valence-electron chi connectivity index (χ0n) is 7.76. The van der Waals surface area contributed by atoms with Gasteiger partial charge in [-0.1, -0.05) is 10.3 Å². The summed E-state index contributed by atoms with van der Waals surface area (Å²) < 4.78 is 26.4. The molecule has 1 atom stereocenters. The van der Waals surface area contributed by atoms with E-state index in [0.717, 1.165) is 0 Å². The van der Waals surface area contributed by atoms with Crippen LogP contribution >= 0.6 is 12.2 Å². The molecule has 0 spiro atoms. The van der Waals surface area contributed by atoms with Crippen LogP contribution in [0.3, 0.4) is 0 Å². The van der Waals surface area contributed by atoms with Gasteiger partial charge in [0.1, 0.15) is 6.17 Å². The first-order chi connectivity index (χ1) is 6.46. The summed E-state index contributed by atoms with van der Waals surface area (Å²) in [7, 11) is -3.25. The highest BCUT2D eigenvalue weighted by atomic mass is 32.2. The molecular weight excluding hydrogens is 226 g/mol. The van der Waals surface area contributed by atoms with E-state index < -0.39 is 16.2 Å². The summed E-state index contributed by atoms with van der Waals surface area (Å²) in [6.45, 7) is 3.20. The van der Waals surface area contributed by atoms with Gasteiger partial charge in [0.15, 0.2) is 0 Å². The molecule has 1 aromatic rings. The van der Waals surface area contributed by atoms with E-state index in [9.17, 15) is 8.42 Å². The van der Waals surface area contributed by atoms with Crippen LogP contribution in [0.4, 0.5) is 0 Å². The minimum atomic E-state index is -3.25. The normalized spacial score (nSPS) is 14.1. The molecule has 9 heteroatoms. The molecule has 1 unspecified atom stereocenters. The molecule has 0 saturated heterocycles. The van der Waals surface area contributed by atoms with Crippen LogP contribution in [0, 0.1) is 4.77 Å². The van der Waals surface area contributed by atoms with Crippen molar-refractivity contribution in [3.63, 3.8) is 0 Å². The Morgan fingerprint density at radius 3 is 2.79 bits per heavy atom. The number of hydrogen-bond donors (Lipinski definition) is 2. The number of H-pyrrole nitrogens is 1. The Labute approximate surface area is 86.5 Å². The third-order valence-electron chi connectivity index (χ3n) is 1.61. The highest BCUT2D eigenvalue weighted by Crippen LogP contribution is 2.00. The zero-order chi connectivity index (χ0) is 10.8. The lowest BCUT2D eigenvalue weighted by molar-refractivity contribution is 0.441. The molecule has 2 N–H and O–H groups in total. The Hall–Kier alpha value is -0.800. The van der Waals surface area contributed by atoms with Crippen LogP contribution in [-0.2, 0) is 10.0 Å². The molecule has 0 aliphatic heterocycles. The number of hydrogen-bond acceptors (Lipinski definition) is 5. The van der Waals surface area contributed by atoms with E-state index in [1.165, 1.54) is 4.68 Å². The second-order valence-corrected chi connectivity index (χ2v) is 5.06. The fraction of sp³-hybridized carbons (Fsp3) is 0.800. The third-order valence-corrected chi connectivity index (χ3v) is 3.35. The van der Waals surface area contributed by atoms with Gasteiger partial charge in [-0.2, -0.15) is 9.94 Å². The molecule has 0 aliphatic carbocycles. The van der Waals surface area contributed by atoms with Crippen LogP contribution in [0.25, 0.3) is 0 Å². The molecule has 0 aromatic carbocycles. The minimum absolute atomic E-state index is 0.0201. The van der Waals surface area contributed by atoms with Crippen LogP contribution in [0.5, 0.6) is 0 Å². The number of rotatable bonds is 4. The lowest BCUT2D eigenvalue weighted by Gasteiger charge is -2.12. The molecule has 0 fully saturated rings. The fourth-order valence-corrected chi connectivity index (χ4v) is 1.88. The van der Waals surface area contributed by atoms with Gasteiger partial charge in [0.2, 0.25) is 14.8 Å². The van der Waals surface area contributed by atoms with E-state index >= 15 is 0 Å². The molecule has 1 rings (SSSR count). The minimum Gasteiger partial charge on any atom is -0.224 e. The van der Waals surface area contributed by atoms with E-state index in [1.54, 1.807) is 13.8 Å². The molecule has 0 radical (unpaired) electrons. The predicted octanol–water partition coefficient (Wildman–Crippen LogP) is -0.207. The monoisotopic (exact) mass is 237 g/mol. The number of aromatic amines is 1. The highest BCUT2D eigenvalue weighted by molar-refractivity contribution is 7.89. The van der Waals surface area contributed by atoms with Crippen molar-refractivity contribution in [2.75, 3.05) is 5.75 Å². The average molecular weight is 237 g/mol. The number of nitrogens with zero attached hydrogens (tertiary/aromatic N) is 3. The van der Waals surface area contributed by atoms with Crippen LogP contribution < -0.4 is 4.72 Å². The lowest BCUT2D eigenvalue weighted by atomic mass is 10.6. The topological polar surface area (TPSA) is 92.7 Å². The van der Waals surface area contributed by atoms with Crippen molar-refractivity contribution < 1.29 is 8.42 Å². The van der Waals surface area contributed by atoms with Crippen molar-refractivity contribution in [2.24, 2.45) is 0 Å². The van der Waals surface area contributed by atoms with Crippen molar-refractivity contribution in [3.8, 4) is 0 Å². The molecule has 0 amide bonds. The molecule has 1 aromatic heterocycles. The van der Waals surface area contributed by atoms with E-state index in [4.69, 9.17) is 12.2 Å². The fourth-order valence-electron chi connectivity index (χ4n) is 0.852. The first-order valence-electron chi connectivity index (χ1n) is 3.96. The van der Waals surface area contributed by atoms with Crippen molar-refractivity contribution in [3.05, 3.63) is 4.77 Å². The Kier molecular flexibility index (Phi) is 3.34. The first-order valence-corrected chi connectivity index (χ1v) is 6.02. The predicted molar refractivity (Wildman–Crippen MR) is 52.5 cm³/mol. The second-order valence-electron chi connectivity index (χ2n) is 2.65. The quantitative estimate of drug-likeness (QED) is 0.707. The zero-order valence-corrected chi connectivity index (χ0v) is 9.39. The van der Waals surface area contributed by atoms with Gasteiger partial charge >= 0.3 is 0 Å². The smallest absolute Gasteiger partial charge is 0.224 e. The van der Waals surface area contributed by atoms with Gasteiger partial charge in [-0.15, -0.1) is 0 Å². The summed E-state index contributed by atoms with van der Waals surface area (Å²) in [5, 5.41) is 9.45. The van der Waals surface area contributed by atoms with Crippen LogP contribution in [0.1, 0.15) is 20.0 Å². The molecule has 80 valence electrons. The maximum absolute atomic E-state index is 11.2. The number of nitrogens with one attached hydrogen (secondary N) is 2. The van der Waals surface area contributed by atoms with Gasteiger partial charge in [-0.05, 0) is 26.1 Å². The van der Waals surface area contributed by atoms with Crippen molar-refractivity contribution in [2.45, 2.75) is 20.0 Å². The van der Waals surface area contributed by atoms with Gasteiger partial charge in [0.25, 0.3) is 0 Å². The number of tetrazole rings is 1. The van der Waals surface area contributed by atoms with Gasteiger partial charge < -0.3 is 0 Å². The summed E-state index contributed by atoms with van der Waals surface area (Å²) in [4.78, 5) is 0. The van der Waals surface area contributed by atoms with E-state index in [0.29, 0.717) is 0 Å². The molecule has 0 saturated carbocycles. The number of aromatic nitrogens is 4. The van der Waals surface area contributed by atoms with Crippen molar-refractivity contribution >= 4 is 22.2 Å². The highest BCUT2D eigenvalue weighted by Gasteiger charge is 2.14. The Morgan fingerprint density at radius 1 is 1.71 bits per heavy atom. The van der Waals surface area contributed by atoms with Gasteiger partial charge in [-0.25, -0.2) is 13.1 Å². The van der Waals surface area contributed by atoms with Gasteiger partial charge in [-0.3, -0.25) is 0 Å². The number of sulfonamides is 1. The van der Waals surface area contributed by atoms with Crippen LogP contribution in [-0.4, -0.2) is 34.4 Å². The molecule has 7 nitrogen and oxygen atoms in total. The van der Waals surface area contributed by atoms with E-state index in [-0.39, 0.29) is 10.5 Å². The summed E-state index contributed by atoms with van der Waals surface area (Å²) in [6, 6.07) is 0. The van der Waals surface area contributed by atoms with E-state index in [2.05, 4.69) is 20.2 Å². The Balaban J connectivity index is 2.84. The van der Waals surface area contributed by atoms with Gasteiger partial charge in [0.05, 0.1) is 5.75 Å². The summed E-state index contributed by atoms with van der Waals surface area (Å²) >= 11 is 4.81. The second kappa shape index (κ2) is 4.15. The Bertz CT molecular complexity index is 447. The summed E-state index contributed by atoms with van der Waals surface area (Å²) in [6.07, 6.45) is -0.512. The molecule has 0 bridgehead atoms. The first kappa shape index (κ1) is 11.3. The lowest BCUT2D eigenvalue weighted by Crippen LogP contribution is -2.32. The average Bonchev–Trinajstić information content (AvgIpc) is 2.51. The maximum Gasteiger partial charge on any atom is 0.239 e. The van der Waals surface area contributed by atoms with Crippen molar-refractivity contribution in [1.29, 1.82) is 0 Å². The summed E-state index contributed by atoms with van der Waals surface area (Å²) in [5.74, 6) is 0.0201.